The van der Waals surface area contributed by atoms with Gasteiger partial charge in [0.2, 0.25) is 11.9 Å². The van der Waals surface area contributed by atoms with E-state index in [1.54, 1.807) is 43.5 Å². The number of aliphatic carboxylic acids is 1. The first-order valence-corrected chi connectivity index (χ1v) is 16.0. The summed E-state index contributed by atoms with van der Waals surface area (Å²) in [5, 5.41) is 15.6. The molecule has 5 N–H and O–H groups in total. The van der Waals surface area contributed by atoms with Gasteiger partial charge in [-0.15, -0.1) is 0 Å². The molecule has 0 bridgehead atoms. The summed E-state index contributed by atoms with van der Waals surface area (Å²) in [4.78, 5) is 53.1. The number of fused-ring (bicyclic) bond motifs is 1. The number of methoxy groups -OCH3 is 1. The molecule has 1 saturated carbocycles. The molecule has 0 radical (unpaired) electrons. The zero-order chi connectivity index (χ0) is 32.3. The van der Waals surface area contributed by atoms with Crippen molar-refractivity contribution in [1.29, 1.82) is 0 Å². The van der Waals surface area contributed by atoms with E-state index in [2.05, 4.69) is 25.4 Å². The lowest BCUT2D eigenvalue weighted by molar-refractivity contribution is -0.143. The maximum atomic E-state index is 13.2. The van der Waals surface area contributed by atoms with Crippen LogP contribution in [-0.2, 0) is 9.59 Å². The van der Waals surface area contributed by atoms with E-state index in [1.807, 2.05) is 6.92 Å². The van der Waals surface area contributed by atoms with E-state index >= 15 is 0 Å². The molecular weight excluding hydrogens is 576 g/mol. The van der Waals surface area contributed by atoms with Gasteiger partial charge in [-0.05, 0) is 63.6 Å². The van der Waals surface area contributed by atoms with Crippen molar-refractivity contribution in [1.82, 2.24) is 20.2 Å². The van der Waals surface area contributed by atoms with Gasteiger partial charge in [0.05, 0.1) is 19.0 Å². The minimum atomic E-state index is -1.25. The van der Waals surface area contributed by atoms with Gasteiger partial charge < -0.3 is 40.9 Å². The molecule has 2 aromatic rings. The summed E-state index contributed by atoms with van der Waals surface area (Å²) in [6.45, 7) is 5.69. The number of aromatic nitrogens is 2. The van der Waals surface area contributed by atoms with Crippen molar-refractivity contribution in [3.05, 3.63) is 30.0 Å². The number of nitrogens with zero attached hydrogens (tertiary/aromatic N) is 5. The number of rotatable bonds is 11. The van der Waals surface area contributed by atoms with Gasteiger partial charge in [0.25, 0.3) is 5.91 Å². The number of ether oxygens (including phenoxy) is 1. The standard InChI is InChI=1S/C32H46N8O5/c1-5-24-29(42)38(3)25-19-34-31(37-27(25)40(24)22-8-6-7-9-22)36-23-11-10-20(18-26(23)45-4)28(41)35-21-12-15-39(16-13-21)17-14-32(2,33)30(43)44/h10-11,18-19,21-22,24H,5-9,12-17,33H2,1-4H3,(H,35,41)(H,43,44)(H,34,36,37)/t24-,32+/m1/s1. The molecule has 3 heterocycles. The molecule has 5 rings (SSSR count). The normalized spacial score (nSPS) is 20.9. The Bertz CT molecular complexity index is 1400. The Labute approximate surface area is 264 Å². The van der Waals surface area contributed by atoms with Crippen LogP contribution in [0.5, 0.6) is 5.75 Å². The van der Waals surface area contributed by atoms with Gasteiger partial charge in [0.1, 0.15) is 23.0 Å². The molecule has 13 nitrogen and oxygen atoms in total. The van der Waals surface area contributed by atoms with Crippen LogP contribution in [0.25, 0.3) is 0 Å². The van der Waals surface area contributed by atoms with Crippen LogP contribution in [0.1, 0.15) is 75.6 Å². The zero-order valence-electron chi connectivity index (χ0n) is 26.7. The van der Waals surface area contributed by atoms with Gasteiger partial charge in [-0.25, -0.2) is 4.98 Å². The number of likely N-dealkylation sites (N-methyl/N-ethyl adjacent to an activating group) is 1. The average molecular weight is 623 g/mol. The van der Waals surface area contributed by atoms with Crippen LogP contribution >= 0.6 is 0 Å². The monoisotopic (exact) mass is 622 g/mol. The fourth-order valence-electron chi connectivity index (χ4n) is 6.57. The number of nitrogens with two attached hydrogens (primary N) is 1. The van der Waals surface area contributed by atoms with E-state index in [1.165, 1.54) is 6.92 Å². The molecule has 1 aliphatic carbocycles. The highest BCUT2D eigenvalue weighted by atomic mass is 16.5. The van der Waals surface area contributed by atoms with Gasteiger partial charge in [-0.1, -0.05) is 19.8 Å². The number of benzene rings is 1. The molecule has 2 fully saturated rings. The Balaban J connectivity index is 1.24. The zero-order valence-corrected chi connectivity index (χ0v) is 26.7. The lowest BCUT2D eigenvalue weighted by Gasteiger charge is -2.43. The highest BCUT2D eigenvalue weighted by Gasteiger charge is 2.41. The number of piperidine rings is 1. The molecule has 2 atom stereocenters. The Hall–Kier alpha value is -3.97. The van der Waals surface area contributed by atoms with Crippen molar-refractivity contribution in [2.45, 2.75) is 88.9 Å². The first-order chi connectivity index (χ1) is 21.5. The number of carbonyl (C=O) groups excluding carboxylic acids is 2. The average Bonchev–Trinajstić information content (AvgIpc) is 3.57. The Morgan fingerprint density at radius 1 is 1.18 bits per heavy atom. The maximum Gasteiger partial charge on any atom is 0.323 e. The van der Waals surface area contributed by atoms with E-state index in [-0.39, 0.29) is 29.9 Å². The van der Waals surface area contributed by atoms with E-state index in [9.17, 15) is 19.5 Å². The number of likely N-dealkylation sites (tertiary alicyclic amines) is 1. The highest BCUT2D eigenvalue weighted by Crippen LogP contribution is 2.40. The maximum absolute atomic E-state index is 13.2. The van der Waals surface area contributed by atoms with Crippen LogP contribution in [0, 0.1) is 0 Å². The fourth-order valence-corrected chi connectivity index (χ4v) is 6.57. The third-order valence-corrected chi connectivity index (χ3v) is 9.48. The first kappa shape index (κ1) is 32.4. The van der Waals surface area contributed by atoms with Crippen molar-refractivity contribution in [3.63, 3.8) is 0 Å². The van der Waals surface area contributed by atoms with Gasteiger partial charge in [-0.2, -0.15) is 4.98 Å². The quantitative estimate of drug-likeness (QED) is 0.291. The van der Waals surface area contributed by atoms with E-state index < -0.39 is 11.5 Å². The minimum Gasteiger partial charge on any atom is -0.495 e. The van der Waals surface area contributed by atoms with Gasteiger partial charge in [-0.3, -0.25) is 14.4 Å². The summed E-state index contributed by atoms with van der Waals surface area (Å²) in [6.07, 6.45) is 8.66. The number of amides is 2. The second kappa shape index (κ2) is 13.6. The molecule has 45 heavy (non-hydrogen) atoms. The number of nitrogens with one attached hydrogen (secondary N) is 2. The molecular formula is C32H46N8O5. The summed E-state index contributed by atoms with van der Waals surface area (Å²) in [5.74, 6) is 0.501. The molecule has 13 heteroatoms. The largest absolute Gasteiger partial charge is 0.495 e. The molecule has 3 aliphatic rings. The number of hydrogen-bond donors (Lipinski definition) is 4. The molecule has 0 spiro atoms. The van der Waals surface area contributed by atoms with Crippen molar-refractivity contribution < 1.29 is 24.2 Å². The minimum absolute atomic E-state index is 0.0185. The summed E-state index contributed by atoms with van der Waals surface area (Å²) < 4.78 is 5.64. The fraction of sp³-hybridized carbons (Fsp3) is 0.594. The van der Waals surface area contributed by atoms with E-state index in [4.69, 9.17) is 15.5 Å². The summed E-state index contributed by atoms with van der Waals surface area (Å²) >= 11 is 0. The molecule has 1 saturated heterocycles. The summed E-state index contributed by atoms with van der Waals surface area (Å²) in [5.41, 5.74) is 6.42. The van der Waals surface area contributed by atoms with Crippen LogP contribution in [0.15, 0.2) is 24.4 Å². The van der Waals surface area contributed by atoms with Gasteiger partial charge in [0, 0.05) is 44.3 Å². The smallest absolute Gasteiger partial charge is 0.323 e. The Kier molecular flexibility index (Phi) is 9.78. The van der Waals surface area contributed by atoms with Crippen LogP contribution in [0.2, 0.25) is 0 Å². The number of carboxylic acids is 1. The Morgan fingerprint density at radius 3 is 2.53 bits per heavy atom. The predicted octanol–water partition coefficient (Wildman–Crippen LogP) is 3.12. The van der Waals surface area contributed by atoms with Crippen molar-refractivity contribution in [2.75, 3.05) is 48.9 Å². The SMILES string of the molecule is CC[C@@H]1C(=O)N(C)c2cnc(Nc3ccc(C(=O)NC4CCN(CC[C@](C)(N)C(=O)O)CC4)cc3OC)nc2N1C1CCCC1. The molecule has 1 aromatic heterocycles. The van der Waals surface area contributed by atoms with Crippen molar-refractivity contribution in [3.8, 4) is 5.75 Å². The molecule has 2 aliphatic heterocycles. The van der Waals surface area contributed by atoms with Gasteiger partial charge in [0.15, 0.2) is 5.82 Å². The molecule has 2 amide bonds. The Morgan fingerprint density at radius 2 is 1.89 bits per heavy atom. The van der Waals surface area contributed by atoms with Crippen LogP contribution in [0.3, 0.4) is 0 Å². The van der Waals surface area contributed by atoms with Crippen LogP contribution < -0.4 is 30.9 Å². The van der Waals surface area contributed by atoms with Crippen molar-refractivity contribution in [2.24, 2.45) is 5.73 Å². The third-order valence-electron chi connectivity index (χ3n) is 9.48. The molecule has 244 valence electrons. The van der Waals surface area contributed by atoms with Crippen LogP contribution in [-0.4, -0.2) is 95.2 Å². The van der Waals surface area contributed by atoms with Crippen molar-refractivity contribution >= 4 is 40.9 Å². The lowest BCUT2D eigenvalue weighted by atomic mass is 9.98. The molecule has 1 aromatic carbocycles. The number of carbonyl (C=O) groups is 3. The second-order valence-corrected chi connectivity index (χ2v) is 12.7. The molecule has 0 unspecified atom stereocenters. The highest BCUT2D eigenvalue weighted by molar-refractivity contribution is 6.04. The number of hydrogen-bond acceptors (Lipinski definition) is 10. The topological polar surface area (TPSA) is 166 Å². The van der Waals surface area contributed by atoms with Gasteiger partial charge >= 0.3 is 5.97 Å². The predicted molar refractivity (Wildman–Crippen MR) is 172 cm³/mol. The number of anilines is 4. The third kappa shape index (κ3) is 6.99. The second-order valence-electron chi connectivity index (χ2n) is 12.7. The number of carboxylic acid groups (broad SMARTS) is 1. The van der Waals surface area contributed by atoms with E-state index in [0.717, 1.165) is 57.4 Å². The van der Waals surface area contributed by atoms with Crippen LogP contribution in [0.4, 0.5) is 23.1 Å². The first-order valence-electron chi connectivity index (χ1n) is 16.0. The van der Waals surface area contributed by atoms with E-state index in [0.29, 0.717) is 48.0 Å². The summed E-state index contributed by atoms with van der Waals surface area (Å²) in [6, 6.07) is 5.25. The lowest BCUT2D eigenvalue weighted by Crippen LogP contribution is -2.55. The summed E-state index contributed by atoms with van der Waals surface area (Å²) in [7, 11) is 3.33.